The highest BCUT2D eigenvalue weighted by atomic mass is 14.6. The van der Waals surface area contributed by atoms with Crippen molar-refractivity contribution in [2.45, 2.75) is 59.8 Å². The Morgan fingerprint density at radius 1 is 0.933 bits per heavy atom. The van der Waals surface area contributed by atoms with Crippen molar-refractivity contribution >= 4 is 0 Å². The number of hydrogen-bond donors (Lipinski definition) is 0. The molecule has 4 aliphatic carbocycles. The molecule has 0 heteroatoms. The molecule has 3 unspecified atom stereocenters. The summed E-state index contributed by atoms with van der Waals surface area (Å²) in [6, 6.07) is 0. The Hall–Kier alpha value is 0. The molecular formula is C15H26. The van der Waals surface area contributed by atoms with Crippen molar-refractivity contribution in [3.8, 4) is 0 Å². The number of rotatable bonds is 0. The minimum Gasteiger partial charge on any atom is -0.0599 e. The average molecular weight is 206 g/mol. The van der Waals surface area contributed by atoms with E-state index in [-0.39, 0.29) is 0 Å². The molecule has 4 bridgehead atoms. The molecule has 0 aliphatic heterocycles. The third-order valence-electron chi connectivity index (χ3n) is 5.60. The summed E-state index contributed by atoms with van der Waals surface area (Å²) in [6.45, 7) is 10.0. The van der Waals surface area contributed by atoms with Gasteiger partial charge in [-0.05, 0) is 66.6 Å². The van der Waals surface area contributed by atoms with Crippen LogP contribution in [0.5, 0.6) is 0 Å². The highest BCUT2D eigenvalue weighted by Crippen LogP contribution is 2.66. The van der Waals surface area contributed by atoms with Crippen LogP contribution in [0.25, 0.3) is 0 Å². The molecule has 0 saturated heterocycles. The summed E-state index contributed by atoms with van der Waals surface area (Å²) in [5.41, 5.74) is 1.24. The van der Waals surface area contributed by atoms with Crippen LogP contribution in [0.4, 0.5) is 0 Å². The third-order valence-corrected chi connectivity index (χ3v) is 5.60. The van der Waals surface area contributed by atoms with Crippen molar-refractivity contribution < 1.29 is 0 Å². The Bertz CT molecular complexity index is 256. The van der Waals surface area contributed by atoms with Gasteiger partial charge in [0.1, 0.15) is 0 Å². The minimum absolute atomic E-state index is 0.534. The average Bonchev–Trinajstić information content (AvgIpc) is 1.94. The van der Waals surface area contributed by atoms with E-state index in [1.54, 1.807) is 32.1 Å². The Balaban J connectivity index is 1.96. The normalized spacial score (nSPS) is 53.6. The highest BCUT2D eigenvalue weighted by molar-refractivity contribution is 5.06. The van der Waals surface area contributed by atoms with Gasteiger partial charge in [0.2, 0.25) is 0 Å². The standard InChI is InChI=1S/C15H26/c1-14(2,3)13-12-6-10-5-11(7-12)9-15(13,4)8-10/h10-13H,5-9H2,1-4H3. The van der Waals surface area contributed by atoms with Gasteiger partial charge in [-0.2, -0.15) is 0 Å². The second-order valence-corrected chi connectivity index (χ2v) is 8.11. The zero-order valence-electron chi connectivity index (χ0n) is 10.8. The second-order valence-electron chi connectivity index (χ2n) is 8.11. The Kier molecular flexibility index (Phi) is 1.91. The van der Waals surface area contributed by atoms with Crippen LogP contribution in [-0.4, -0.2) is 0 Å². The largest absolute Gasteiger partial charge is 0.0599 e. The van der Waals surface area contributed by atoms with Gasteiger partial charge in [0.05, 0.1) is 0 Å². The fourth-order valence-corrected chi connectivity index (χ4v) is 6.20. The molecule has 0 heterocycles. The van der Waals surface area contributed by atoms with Gasteiger partial charge in [0, 0.05) is 0 Å². The molecule has 0 amide bonds. The molecule has 4 rings (SSSR count). The first-order chi connectivity index (χ1) is 6.88. The first kappa shape index (κ1) is 10.2. The van der Waals surface area contributed by atoms with Gasteiger partial charge in [-0.25, -0.2) is 0 Å². The summed E-state index contributed by atoms with van der Waals surface area (Å²) in [6.07, 6.45) is 7.79. The second kappa shape index (κ2) is 2.81. The van der Waals surface area contributed by atoms with Gasteiger partial charge in [0.25, 0.3) is 0 Å². The molecule has 4 fully saturated rings. The van der Waals surface area contributed by atoms with Gasteiger partial charge in [-0.1, -0.05) is 27.7 Å². The van der Waals surface area contributed by atoms with E-state index in [4.69, 9.17) is 0 Å². The van der Waals surface area contributed by atoms with Gasteiger partial charge in [-0.3, -0.25) is 0 Å². The van der Waals surface area contributed by atoms with E-state index < -0.39 is 0 Å². The van der Waals surface area contributed by atoms with Crippen molar-refractivity contribution in [3.05, 3.63) is 0 Å². The van der Waals surface area contributed by atoms with E-state index >= 15 is 0 Å². The van der Waals surface area contributed by atoms with Gasteiger partial charge < -0.3 is 0 Å². The molecule has 0 aromatic heterocycles. The molecule has 4 aliphatic rings. The van der Waals surface area contributed by atoms with E-state index in [0.29, 0.717) is 10.8 Å². The number of hydrogen-bond acceptors (Lipinski definition) is 0. The zero-order valence-corrected chi connectivity index (χ0v) is 10.8. The summed E-state index contributed by atoms with van der Waals surface area (Å²) in [5.74, 6) is 4.27. The van der Waals surface area contributed by atoms with Crippen LogP contribution in [-0.2, 0) is 0 Å². The van der Waals surface area contributed by atoms with E-state index in [0.717, 1.165) is 23.7 Å². The van der Waals surface area contributed by atoms with Gasteiger partial charge in [0.15, 0.2) is 0 Å². The van der Waals surface area contributed by atoms with Crippen LogP contribution in [0, 0.1) is 34.5 Å². The molecular weight excluding hydrogens is 180 g/mol. The third kappa shape index (κ3) is 1.40. The fourth-order valence-electron chi connectivity index (χ4n) is 6.20. The molecule has 0 nitrogen and oxygen atoms in total. The highest BCUT2D eigenvalue weighted by Gasteiger charge is 2.57. The van der Waals surface area contributed by atoms with Crippen LogP contribution in [0.2, 0.25) is 0 Å². The SMILES string of the molecule is CC(C)(C)C1C2CC3CC(C2)CC1(C)C3. The molecule has 0 aromatic rings. The molecule has 4 saturated carbocycles. The molecule has 0 aromatic carbocycles. The van der Waals surface area contributed by atoms with Crippen LogP contribution in [0.3, 0.4) is 0 Å². The zero-order chi connectivity index (χ0) is 10.8. The lowest BCUT2D eigenvalue weighted by molar-refractivity contribution is -0.138. The summed E-state index contributed by atoms with van der Waals surface area (Å²) >= 11 is 0. The van der Waals surface area contributed by atoms with Crippen molar-refractivity contribution in [1.82, 2.24) is 0 Å². The predicted octanol–water partition coefficient (Wildman–Crippen LogP) is 4.49. The monoisotopic (exact) mass is 206 g/mol. The molecule has 0 spiro atoms. The maximum atomic E-state index is 2.60. The Labute approximate surface area is 94.8 Å². The molecule has 3 atom stereocenters. The summed E-state index contributed by atoms with van der Waals surface area (Å²) in [7, 11) is 0. The van der Waals surface area contributed by atoms with Gasteiger partial charge >= 0.3 is 0 Å². The lowest BCUT2D eigenvalue weighted by Crippen LogP contribution is -2.55. The summed E-state index contributed by atoms with van der Waals surface area (Å²) < 4.78 is 0. The quantitative estimate of drug-likeness (QED) is 0.547. The lowest BCUT2D eigenvalue weighted by atomic mass is 9.42. The molecule has 0 radical (unpaired) electrons. The van der Waals surface area contributed by atoms with Crippen molar-refractivity contribution in [3.63, 3.8) is 0 Å². The summed E-state index contributed by atoms with van der Waals surface area (Å²) in [5, 5.41) is 0. The molecule has 0 N–H and O–H groups in total. The maximum absolute atomic E-state index is 2.60. The van der Waals surface area contributed by atoms with E-state index in [1.165, 1.54) is 0 Å². The smallest absolute Gasteiger partial charge is 0.0282 e. The first-order valence-electron chi connectivity index (χ1n) is 6.88. The molecule has 15 heavy (non-hydrogen) atoms. The lowest BCUT2D eigenvalue weighted by Gasteiger charge is -2.63. The van der Waals surface area contributed by atoms with Crippen molar-refractivity contribution in [2.75, 3.05) is 0 Å². The topological polar surface area (TPSA) is 0 Å². The van der Waals surface area contributed by atoms with Crippen LogP contribution < -0.4 is 0 Å². The van der Waals surface area contributed by atoms with E-state index in [1.807, 2.05) is 0 Å². The predicted molar refractivity (Wildman–Crippen MR) is 64.6 cm³/mol. The first-order valence-corrected chi connectivity index (χ1v) is 6.88. The van der Waals surface area contributed by atoms with Crippen molar-refractivity contribution in [1.29, 1.82) is 0 Å². The van der Waals surface area contributed by atoms with Crippen LogP contribution in [0.1, 0.15) is 59.8 Å². The Morgan fingerprint density at radius 3 is 1.87 bits per heavy atom. The van der Waals surface area contributed by atoms with Crippen molar-refractivity contribution in [2.24, 2.45) is 34.5 Å². The van der Waals surface area contributed by atoms with E-state index in [2.05, 4.69) is 27.7 Å². The minimum atomic E-state index is 0.534. The maximum Gasteiger partial charge on any atom is -0.0282 e. The molecule has 86 valence electrons. The van der Waals surface area contributed by atoms with E-state index in [9.17, 15) is 0 Å². The van der Waals surface area contributed by atoms with Gasteiger partial charge in [-0.15, -0.1) is 0 Å². The summed E-state index contributed by atoms with van der Waals surface area (Å²) in [4.78, 5) is 0. The van der Waals surface area contributed by atoms with Crippen LogP contribution >= 0.6 is 0 Å². The fraction of sp³-hybridized carbons (Fsp3) is 1.00. The Morgan fingerprint density at radius 2 is 1.47 bits per heavy atom. The van der Waals surface area contributed by atoms with Crippen LogP contribution in [0.15, 0.2) is 0 Å².